The Bertz CT molecular complexity index is 775. The summed E-state index contributed by atoms with van der Waals surface area (Å²) in [4.78, 5) is 22.8. The second kappa shape index (κ2) is 5.70. The maximum Gasteiger partial charge on any atom is 0.337 e. The maximum absolute atomic E-state index is 12.0. The lowest BCUT2D eigenvalue weighted by atomic mass is 10.0. The minimum Gasteiger partial charge on any atom is -0.479 e. The SMILES string of the molecule is CC(O)(CNC(=O)Cc1coc2cc3c(cc12)CCC3)C(=O)O. The van der Waals surface area contributed by atoms with E-state index in [4.69, 9.17) is 9.52 Å². The predicted molar refractivity (Wildman–Crippen MR) is 83.2 cm³/mol. The van der Waals surface area contributed by atoms with Crippen LogP contribution in [0.25, 0.3) is 11.0 Å². The fraction of sp³-hybridized carbons (Fsp3) is 0.412. The molecule has 1 aromatic heterocycles. The van der Waals surface area contributed by atoms with E-state index in [1.807, 2.05) is 6.07 Å². The van der Waals surface area contributed by atoms with Gasteiger partial charge in [-0.3, -0.25) is 4.79 Å². The second-order valence-electron chi connectivity index (χ2n) is 6.26. The molecule has 0 spiro atoms. The van der Waals surface area contributed by atoms with Crippen LogP contribution >= 0.6 is 0 Å². The zero-order valence-corrected chi connectivity index (χ0v) is 12.9. The normalized spacial score (nSPS) is 16.1. The predicted octanol–water partition coefficient (Wildman–Crippen LogP) is 1.42. The number of carbonyl (C=O) groups is 2. The molecule has 0 radical (unpaired) electrons. The number of nitrogens with one attached hydrogen (secondary N) is 1. The van der Waals surface area contributed by atoms with E-state index in [0.29, 0.717) is 0 Å². The number of aliphatic hydroxyl groups is 1. The van der Waals surface area contributed by atoms with Crippen LogP contribution in [0, 0.1) is 0 Å². The number of hydrogen-bond acceptors (Lipinski definition) is 4. The van der Waals surface area contributed by atoms with Crippen molar-refractivity contribution in [3.63, 3.8) is 0 Å². The zero-order valence-electron chi connectivity index (χ0n) is 12.9. The lowest BCUT2D eigenvalue weighted by Gasteiger charge is -2.18. The van der Waals surface area contributed by atoms with Crippen LogP contribution in [-0.4, -0.2) is 34.2 Å². The number of carboxylic acid groups (broad SMARTS) is 1. The summed E-state index contributed by atoms with van der Waals surface area (Å²) in [5, 5.41) is 21.8. The molecule has 0 bridgehead atoms. The fourth-order valence-corrected chi connectivity index (χ4v) is 2.87. The summed E-state index contributed by atoms with van der Waals surface area (Å²) in [5.41, 5.74) is 2.16. The summed E-state index contributed by atoms with van der Waals surface area (Å²) < 4.78 is 5.54. The number of rotatable bonds is 5. The zero-order chi connectivity index (χ0) is 16.6. The van der Waals surface area contributed by atoms with E-state index in [0.717, 1.165) is 42.7 Å². The first-order valence-corrected chi connectivity index (χ1v) is 7.61. The first-order chi connectivity index (χ1) is 10.9. The van der Waals surface area contributed by atoms with Crippen LogP contribution in [-0.2, 0) is 28.9 Å². The minimum atomic E-state index is -1.98. The molecular weight excluding hydrogens is 298 g/mol. The van der Waals surface area contributed by atoms with Crippen molar-refractivity contribution in [2.24, 2.45) is 0 Å². The van der Waals surface area contributed by atoms with Crippen molar-refractivity contribution in [3.05, 3.63) is 35.1 Å². The third kappa shape index (κ3) is 3.07. The third-order valence-corrected chi connectivity index (χ3v) is 4.31. The van der Waals surface area contributed by atoms with Gasteiger partial charge in [0, 0.05) is 10.9 Å². The molecule has 1 atom stereocenters. The van der Waals surface area contributed by atoms with Gasteiger partial charge < -0.3 is 19.9 Å². The topological polar surface area (TPSA) is 99.8 Å². The first-order valence-electron chi connectivity index (χ1n) is 7.61. The summed E-state index contributed by atoms with van der Waals surface area (Å²) in [6, 6.07) is 4.12. The molecule has 6 heteroatoms. The lowest BCUT2D eigenvalue weighted by Crippen LogP contribution is -2.46. The molecule has 2 aromatic rings. The van der Waals surface area contributed by atoms with E-state index < -0.39 is 11.6 Å². The summed E-state index contributed by atoms with van der Waals surface area (Å²) in [6.45, 7) is 0.804. The van der Waals surface area contributed by atoms with Gasteiger partial charge in [0.25, 0.3) is 0 Å². The second-order valence-corrected chi connectivity index (χ2v) is 6.26. The largest absolute Gasteiger partial charge is 0.479 e. The van der Waals surface area contributed by atoms with Crippen molar-refractivity contribution >= 4 is 22.8 Å². The number of carboxylic acids is 1. The first kappa shape index (κ1) is 15.6. The lowest BCUT2D eigenvalue weighted by molar-refractivity contribution is -0.156. The molecule has 0 fully saturated rings. The van der Waals surface area contributed by atoms with E-state index in [-0.39, 0.29) is 18.9 Å². The number of aliphatic carboxylic acids is 1. The van der Waals surface area contributed by atoms with Crippen molar-refractivity contribution in [2.45, 2.75) is 38.2 Å². The molecule has 1 unspecified atom stereocenters. The van der Waals surface area contributed by atoms with Gasteiger partial charge in [0.15, 0.2) is 5.60 Å². The van der Waals surface area contributed by atoms with Crippen molar-refractivity contribution in [1.29, 1.82) is 0 Å². The molecule has 0 saturated heterocycles. The quantitative estimate of drug-likeness (QED) is 0.774. The Morgan fingerprint density at radius 1 is 1.30 bits per heavy atom. The van der Waals surface area contributed by atoms with Crippen LogP contribution in [0.3, 0.4) is 0 Å². The van der Waals surface area contributed by atoms with Crippen molar-refractivity contribution in [2.75, 3.05) is 6.54 Å². The van der Waals surface area contributed by atoms with Gasteiger partial charge >= 0.3 is 5.97 Å². The number of fused-ring (bicyclic) bond motifs is 2. The van der Waals surface area contributed by atoms with E-state index in [1.165, 1.54) is 11.1 Å². The van der Waals surface area contributed by atoms with E-state index in [2.05, 4.69) is 11.4 Å². The van der Waals surface area contributed by atoms with Crippen LogP contribution in [0.15, 0.2) is 22.8 Å². The Labute approximate surface area is 133 Å². The molecule has 1 amide bonds. The highest BCUT2D eigenvalue weighted by molar-refractivity contribution is 5.89. The monoisotopic (exact) mass is 317 g/mol. The summed E-state index contributed by atoms with van der Waals surface area (Å²) in [7, 11) is 0. The highest BCUT2D eigenvalue weighted by Crippen LogP contribution is 2.30. The smallest absolute Gasteiger partial charge is 0.337 e. The van der Waals surface area contributed by atoms with Gasteiger partial charge in [-0.15, -0.1) is 0 Å². The average Bonchev–Trinajstić information content (AvgIpc) is 3.10. The summed E-state index contributed by atoms with van der Waals surface area (Å²) >= 11 is 0. The molecule has 1 aliphatic carbocycles. The van der Waals surface area contributed by atoms with Gasteiger partial charge in [-0.25, -0.2) is 4.79 Å². The summed E-state index contributed by atoms with van der Waals surface area (Å²) in [6.07, 6.45) is 4.90. The van der Waals surface area contributed by atoms with E-state index >= 15 is 0 Å². The molecule has 1 heterocycles. The van der Waals surface area contributed by atoms with Gasteiger partial charge in [-0.1, -0.05) is 0 Å². The molecule has 6 nitrogen and oxygen atoms in total. The minimum absolute atomic E-state index is 0.0848. The van der Waals surface area contributed by atoms with Gasteiger partial charge in [0.1, 0.15) is 5.58 Å². The Hall–Kier alpha value is -2.34. The van der Waals surface area contributed by atoms with Crippen molar-refractivity contribution < 1.29 is 24.2 Å². The standard InChI is InChI=1S/C17H19NO5/c1-17(22,16(20)21)9-18-15(19)7-12-8-23-14-6-11-4-2-3-10(11)5-13(12)14/h5-6,8,22H,2-4,7,9H2,1H3,(H,18,19)(H,20,21). The fourth-order valence-electron chi connectivity index (χ4n) is 2.87. The maximum atomic E-state index is 12.0. The molecule has 122 valence electrons. The number of aryl methyl sites for hydroxylation is 2. The number of furan rings is 1. The van der Waals surface area contributed by atoms with Crippen LogP contribution in [0.4, 0.5) is 0 Å². The van der Waals surface area contributed by atoms with E-state index in [9.17, 15) is 14.7 Å². The van der Waals surface area contributed by atoms with Crippen molar-refractivity contribution in [1.82, 2.24) is 5.32 Å². The average molecular weight is 317 g/mol. The Balaban J connectivity index is 1.72. The number of amides is 1. The molecule has 3 N–H and O–H groups in total. The molecule has 0 aliphatic heterocycles. The van der Waals surface area contributed by atoms with E-state index in [1.54, 1.807) is 6.26 Å². The van der Waals surface area contributed by atoms with Gasteiger partial charge in [-0.05, 0) is 49.4 Å². The Morgan fingerprint density at radius 2 is 2.00 bits per heavy atom. The Morgan fingerprint density at radius 3 is 2.70 bits per heavy atom. The molecule has 0 saturated carbocycles. The third-order valence-electron chi connectivity index (χ3n) is 4.31. The Kier molecular flexibility index (Phi) is 3.85. The highest BCUT2D eigenvalue weighted by Gasteiger charge is 2.30. The molecular formula is C17H19NO5. The van der Waals surface area contributed by atoms with Gasteiger partial charge in [0.05, 0.1) is 19.2 Å². The summed E-state index contributed by atoms with van der Waals surface area (Å²) in [5.74, 6) is -1.73. The molecule has 1 aliphatic rings. The van der Waals surface area contributed by atoms with Crippen LogP contribution in [0.2, 0.25) is 0 Å². The highest BCUT2D eigenvalue weighted by atomic mass is 16.4. The van der Waals surface area contributed by atoms with Gasteiger partial charge in [0.2, 0.25) is 5.91 Å². The van der Waals surface area contributed by atoms with Crippen LogP contribution < -0.4 is 5.32 Å². The van der Waals surface area contributed by atoms with Crippen molar-refractivity contribution in [3.8, 4) is 0 Å². The van der Waals surface area contributed by atoms with Gasteiger partial charge in [-0.2, -0.15) is 0 Å². The number of hydrogen-bond donors (Lipinski definition) is 3. The molecule has 23 heavy (non-hydrogen) atoms. The molecule has 1 aromatic carbocycles. The molecule has 3 rings (SSSR count). The number of benzene rings is 1. The van der Waals surface area contributed by atoms with Crippen LogP contribution in [0.5, 0.6) is 0 Å². The van der Waals surface area contributed by atoms with Crippen LogP contribution in [0.1, 0.15) is 30.0 Å². The number of carbonyl (C=O) groups excluding carboxylic acids is 1.